The molecular weight excluding hydrogens is 439 g/mol. The quantitative estimate of drug-likeness (QED) is 0.323. The first-order chi connectivity index (χ1) is 12.1. The minimum atomic E-state index is 0. The van der Waals surface area contributed by atoms with Gasteiger partial charge in [-0.2, -0.15) is 0 Å². The number of hydrogen-bond donors (Lipinski definition) is 3. The van der Waals surface area contributed by atoms with Crippen LogP contribution in [0.4, 0.5) is 0 Å². The van der Waals surface area contributed by atoms with Crippen LogP contribution in [-0.2, 0) is 0 Å². The van der Waals surface area contributed by atoms with Gasteiger partial charge in [-0.15, -0.1) is 24.0 Å². The third kappa shape index (κ3) is 7.40. The van der Waals surface area contributed by atoms with Crippen LogP contribution < -0.4 is 10.6 Å². The summed E-state index contributed by atoms with van der Waals surface area (Å²) in [5, 5.41) is 16.4. The molecule has 1 aliphatic heterocycles. The van der Waals surface area contributed by atoms with E-state index in [9.17, 15) is 5.11 Å². The zero-order valence-corrected chi connectivity index (χ0v) is 18.6. The Labute approximate surface area is 175 Å². The highest BCUT2D eigenvalue weighted by Crippen LogP contribution is 2.17. The highest BCUT2D eigenvalue weighted by molar-refractivity contribution is 14.0. The molecule has 2 rings (SSSR count). The summed E-state index contributed by atoms with van der Waals surface area (Å²) in [7, 11) is 1.79. The predicted molar refractivity (Wildman–Crippen MR) is 120 cm³/mol. The van der Waals surface area contributed by atoms with E-state index in [1.54, 1.807) is 7.05 Å². The molecule has 0 amide bonds. The van der Waals surface area contributed by atoms with E-state index in [2.05, 4.69) is 46.5 Å². The van der Waals surface area contributed by atoms with Gasteiger partial charge in [-0.1, -0.05) is 37.3 Å². The van der Waals surface area contributed by atoms with Gasteiger partial charge in [-0.3, -0.25) is 9.89 Å². The molecule has 0 aromatic heterocycles. The lowest BCUT2D eigenvalue weighted by molar-refractivity contribution is 0.147. The lowest BCUT2D eigenvalue weighted by atomic mass is 9.98. The van der Waals surface area contributed by atoms with Crippen molar-refractivity contribution >= 4 is 29.9 Å². The van der Waals surface area contributed by atoms with Crippen molar-refractivity contribution in [3.63, 3.8) is 0 Å². The molecule has 0 radical (unpaired) electrons. The monoisotopic (exact) mass is 474 g/mol. The molecule has 3 N–H and O–H groups in total. The van der Waals surface area contributed by atoms with E-state index in [4.69, 9.17) is 0 Å². The number of aliphatic hydroxyl groups excluding tert-OH is 1. The van der Waals surface area contributed by atoms with Gasteiger partial charge in [0.25, 0.3) is 0 Å². The van der Waals surface area contributed by atoms with Crippen molar-refractivity contribution < 1.29 is 5.11 Å². The number of benzene rings is 1. The summed E-state index contributed by atoms with van der Waals surface area (Å²) in [6.45, 7) is 8.66. The van der Waals surface area contributed by atoms with Gasteiger partial charge in [-0.25, -0.2) is 0 Å². The number of rotatable bonds is 7. The summed E-state index contributed by atoms with van der Waals surface area (Å²) in [5.41, 5.74) is 1.14. The fraction of sp³-hybridized carbons (Fsp3) is 0.650. The maximum Gasteiger partial charge on any atom is 0.191 e. The van der Waals surface area contributed by atoms with Crippen molar-refractivity contribution in [3.05, 3.63) is 35.9 Å². The van der Waals surface area contributed by atoms with Crippen molar-refractivity contribution in [2.24, 2.45) is 10.9 Å². The van der Waals surface area contributed by atoms with Crippen LogP contribution in [0.3, 0.4) is 0 Å². The number of aliphatic imine (C=N–C) groups is 1. The van der Waals surface area contributed by atoms with E-state index in [0.717, 1.165) is 24.0 Å². The van der Waals surface area contributed by atoms with Gasteiger partial charge in [0.05, 0.1) is 6.61 Å². The molecule has 0 spiro atoms. The molecule has 5 nitrogen and oxygen atoms in total. The Morgan fingerprint density at radius 1 is 1.19 bits per heavy atom. The van der Waals surface area contributed by atoms with Crippen LogP contribution in [0, 0.1) is 5.92 Å². The molecule has 1 heterocycles. The van der Waals surface area contributed by atoms with Crippen LogP contribution in [0.5, 0.6) is 0 Å². The Morgan fingerprint density at radius 2 is 1.81 bits per heavy atom. The molecule has 2 atom stereocenters. The molecule has 1 fully saturated rings. The van der Waals surface area contributed by atoms with Crippen LogP contribution in [0.1, 0.15) is 38.2 Å². The third-order valence-electron chi connectivity index (χ3n) is 5.24. The fourth-order valence-electron chi connectivity index (χ4n) is 3.30. The van der Waals surface area contributed by atoms with Crippen LogP contribution in [0.2, 0.25) is 0 Å². The minimum Gasteiger partial charge on any atom is -0.396 e. The number of likely N-dealkylation sites (tertiary alicyclic amines) is 1. The molecule has 0 aliphatic carbocycles. The maximum atomic E-state index is 9.67. The van der Waals surface area contributed by atoms with Crippen LogP contribution in [0.25, 0.3) is 0 Å². The van der Waals surface area contributed by atoms with E-state index in [1.165, 1.54) is 25.9 Å². The first-order valence-electron chi connectivity index (χ1n) is 9.48. The van der Waals surface area contributed by atoms with Crippen molar-refractivity contribution in [2.75, 3.05) is 39.8 Å². The summed E-state index contributed by atoms with van der Waals surface area (Å²) in [5.74, 6) is 1.73. The normalized spacial score (nSPS) is 18.7. The smallest absolute Gasteiger partial charge is 0.191 e. The second-order valence-corrected chi connectivity index (χ2v) is 7.19. The number of halogens is 1. The highest BCUT2D eigenvalue weighted by atomic mass is 127. The minimum absolute atomic E-state index is 0. The largest absolute Gasteiger partial charge is 0.396 e. The van der Waals surface area contributed by atoms with Gasteiger partial charge in [0.2, 0.25) is 0 Å². The molecular formula is C20H35IN4O. The van der Waals surface area contributed by atoms with E-state index in [0.29, 0.717) is 12.6 Å². The molecule has 0 saturated carbocycles. The predicted octanol–water partition coefficient (Wildman–Crippen LogP) is 2.67. The van der Waals surface area contributed by atoms with Crippen molar-refractivity contribution in [1.29, 1.82) is 0 Å². The zero-order valence-electron chi connectivity index (χ0n) is 16.3. The molecule has 1 saturated heterocycles. The summed E-state index contributed by atoms with van der Waals surface area (Å²) in [6.07, 6.45) is 2.60. The zero-order chi connectivity index (χ0) is 18.1. The Kier molecular flexibility index (Phi) is 11.2. The topological polar surface area (TPSA) is 59.9 Å². The lowest BCUT2D eigenvalue weighted by Crippen LogP contribution is -2.48. The molecule has 2 unspecified atom stereocenters. The van der Waals surface area contributed by atoms with Gasteiger partial charge in [0.1, 0.15) is 0 Å². The van der Waals surface area contributed by atoms with Crippen molar-refractivity contribution in [3.8, 4) is 0 Å². The Morgan fingerprint density at radius 3 is 2.38 bits per heavy atom. The van der Waals surface area contributed by atoms with Gasteiger partial charge in [-0.05, 0) is 44.3 Å². The molecule has 148 valence electrons. The fourth-order valence-corrected chi connectivity index (χ4v) is 3.30. The summed E-state index contributed by atoms with van der Waals surface area (Å²) in [6, 6.07) is 10.6. The van der Waals surface area contributed by atoms with Crippen LogP contribution >= 0.6 is 24.0 Å². The Balaban J connectivity index is 0.00000338. The average Bonchev–Trinajstić information content (AvgIpc) is 2.65. The van der Waals surface area contributed by atoms with Crippen LogP contribution in [-0.4, -0.2) is 61.8 Å². The second-order valence-electron chi connectivity index (χ2n) is 7.19. The third-order valence-corrected chi connectivity index (χ3v) is 5.24. The van der Waals surface area contributed by atoms with Gasteiger partial charge in [0.15, 0.2) is 5.96 Å². The van der Waals surface area contributed by atoms with Crippen molar-refractivity contribution in [1.82, 2.24) is 15.5 Å². The molecule has 26 heavy (non-hydrogen) atoms. The second kappa shape index (κ2) is 12.5. The molecule has 0 bridgehead atoms. The maximum absolute atomic E-state index is 9.67. The number of piperidine rings is 1. The van der Waals surface area contributed by atoms with Crippen molar-refractivity contribution in [2.45, 2.75) is 38.6 Å². The van der Waals surface area contributed by atoms with Crippen LogP contribution in [0.15, 0.2) is 35.3 Å². The van der Waals surface area contributed by atoms with Gasteiger partial charge >= 0.3 is 0 Å². The first kappa shape index (κ1) is 23.2. The molecule has 1 aliphatic rings. The van der Waals surface area contributed by atoms with E-state index in [1.807, 2.05) is 18.2 Å². The molecule has 1 aromatic carbocycles. The first-order valence-corrected chi connectivity index (χ1v) is 9.48. The van der Waals surface area contributed by atoms with E-state index in [-0.39, 0.29) is 36.5 Å². The summed E-state index contributed by atoms with van der Waals surface area (Å²) in [4.78, 5) is 6.87. The average molecular weight is 474 g/mol. The SMILES string of the molecule is CN=C(NCC(CO)c1ccccc1)NCC(C)N1CCC(C)CC1.I. The Hall–Kier alpha value is -0.860. The summed E-state index contributed by atoms with van der Waals surface area (Å²) < 4.78 is 0. The molecule has 1 aromatic rings. The number of guanidine groups is 1. The number of hydrogen-bond acceptors (Lipinski definition) is 3. The van der Waals surface area contributed by atoms with E-state index >= 15 is 0 Å². The standard InChI is InChI=1S/C20H34N4O.HI/c1-16-9-11-24(12-10-16)17(2)13-22-20(21-3)23-14-19(15-25)18-7-5-4-6-8-18;/h4-8,16-17,19,25H,9-15H2,1-3H3,(H2,21,22,23);1H. The Bertz CT molecular complexity index is 518. The molecule has 6 heteroatoms. The number of nitrogens with zero attached hydrogens (tertiary/aromatic N) is 2. The van der Waals surface area contributed by atoms with Gasteiger partial charge < -0.3 is 15.7 Å². The van der Waals surface area contributed by atoms with Gasteiger partial charge in [0, 0.05) is 32.1 Å². The van der Waals surface area contributed by atoms with E-state index < -0.39 is 0 Å². The lowest BCUT2D eigenvalue weighted by Gasteiger charge is -2.35. The number of nitrogens with one attached hydrogen (secondary N) is 2. The summed E-state index contributed by atoms with van der Waals surface area (Å²) >= 11 is 0. The highest BCUT2D eigenvalue weighted by Gasteiger charge is 2.20. The number of aliphatic hydroxyl groups is 1.